The molecule has 0 saturated heterocycles. The molecule has 0 saturated carbocycles. The molecule has 0 aliphatic heterocycles. The standard InChI is InChI=1S/C11H15N3O/c1-5-6-15-11-9(8(2)3)10(12-4)13-7-14-11/h1,7-8H,6H2,2-4H3,(H,12,13,14). The van der Waals surface area contributed by atoms with Gasteiger partial charge in [-0.05, 0) is 5.92 Å². The van der Waals surface area contributed by atoms with Gasteiger partial charge in [-0.15, -0.1) is 6.42 Å². The van der Waals surface area contributed by atoms with Gasteiger partial charge in [0.15, 0.2) is 6.61 Å². The molecule has 1 rings (SSSR count). The van der Waals surface area contributed by atoms with Crippen molar-refractivity contribution in [2.45, 2.75) is 19.8 Å². The van der Waals surface area contributed by atoms with Gasteiger partial charge in [-0.3, -0.25) is 0 Å². The lowest BCUT2D eigenvalue weighted by Crippen LogP contribution is -2.07. The molecular weight excluding hydrogens is 190 g/mol. The summed E-state index contributed by atoms with van der Waals surface area (Å²) in [4.78, 5) is 8.21. The Morgan fingerprint density at radius 3 is 2.80 bits per heavy atom. The van der Waals surface area contributed by atoms with Gasteiger partial charge < -0.3 is 10.1 Å². The van der Waals surface area contributed by atoms with Crippen molar-refractivity contribution in [3.05, 3.63) is 11.9 Å². The summed E-state index contributed by atoms with van der Waals surface area (Å²) in [6.07, 6.45) is 6.60. The minimum atomic E-state index is 0.222. The predicted molar refractivity (Wildman–Crippen MR) is 60.0 cm³/mol. The van der Waals surface area contributed by atoms with Crippen LogP contribution in [0.5, 0.6) is 5.88 Å². The summed E-state index contributed by atoms with van der Waals surface area (Å²) in [5.74, 6) is 4.04. The molecule has 1 aromatic heterocycles. The van der Waals surface area contributed by atoms with E-state index in [-0.39, 0.29) is 12.5 Å². The molecule has 1 heterocycles. The first-order valence-electron chi connectivity index (χ1n) is 4.79. The predicted octanol–water partition coefficient (Wildman–Crippen LogP) is 1.65. The smallest absolute Gasteiger partial charge is 0.223 e. The van der Waals surface area contributed by atoms with Crippen LogP contribution in [-0.2, 0) is 0 Å². The first-order valence-corrected chi connectivity index (χ1v) is 4.79. The van der Waals surface area contributed by atoms with Gasteiger partial charge in [0.1, 0.15) is 12.1 Å². The van der Waals surface area contributed by atoms with Crippen molar-refractivity contribution >= 4 is 5.82 Å². The lowest BCUT2D eigenvalue weighted by molar-refractivity contribution is 0.348. The second-order valence-electron chi connectivity index (χ2n) is 3.34. The van der Waals surface area contributed by atoms with Crippen LogP contribution >= 0.6 is 0 Å². The normalized spacial score (nSPS) is 9.80. The second kappa shape index (κ2) is 5.20. The topological polar surface area (TPSA) is 47.0 Å². The number of ether oxygens (including phenoxy) is 1. The summed E-state index contributed by atoms with van der Waals surface area (Å²) in [7, 11) is 1.82. The molecule has 0 unspecified atom stereocenters. The number of rotatable bonds is 4. The van der Waals surface area contributed by atoms with E-state index in [1.165, 1.54) is 6.33 Å². The van der Waals surface area contributed by atoms with Crippen molar-refractivity contribution < 1.29 is 4.74 Å². The summed E-state index contributed by atoms with van der Waals surface area (Å²) in [6.45, 7) is 4.34. The molecule has 0 radical (unpaired) electrons. The molecule has 1 aromatic rings. The highest BCUT2D eigenvalue weighted by Gasteiger charge is 2.14. The lowest BCUT2D eigenvalue weighted by atomic mass is 10.1. The first kappa shape index (κ1) is 11.3. The van der Waals surface area contributed by atoms with Crippen LogP contribution in [0.25, 0.3) is 0 Å². The van der Waals surface area contributed by atoms with E-state index in [1.807, 2.05) is 7.05 Å². The largest absolute Gasteiger partial charge is 0.464 e. The van der Waals surface area contributed by atoms with Crippen LogP contribution in [0.2, 0.25) is 0 Å². The maximum Gasteiger partial charge on any atom is 0.223 e. The van der Waals surface area contributed by atoms with Crippen molar-refractivity contribution in [1.29, 1.82) is 0 Å². The minimum Gasteiger partial charge on any atom is -0.464 e. The molecule has 80 valence electrons. The van der Waals surface area contributed by atoms with E-state index >= 15 is 0 Å². The molecule has 0 aliphatic carbocycles. The fourth-order valence-electron chi connectivity index (χ4n) is 1.32. The van der Waals surface area contributed by atoms with E-state index in [1.54, 1.807) is 0 Å². The molecule has 0 atom stereocenters. The van der Waals surface area contributed by atoms with Crippen LogP contribution in [-0.4, -0.2) is 23.6 Å². The third kappa shape index (κ3) is 2.59. The molecule has 0 aromatic carbocycles. The number of nitrogens with one attached hydrogen (secondary N) is 1. The number of hydrogen-bond donors (Lipinski definition) is 1. The zero-order valence-corrected chi connectivity index (χ0v) is 9.24. The zero-order valence-electron chi connectivity index (χ0n) is 9.24. The Morgan fingerprint density at radius 2 is 2.27 bits per heavy atom. The van der Waals surface area contributed by atoms with Gasteiger partial charge in [0.25, 0.3) is 0 Å². The molecule has 1 N–H and O–H groups in total. The van der Waals surface area contributed by atoms with Gasteiger partial charge in [-0.25, -0.2) is 9.97 Å². The maximum atomic E-state index is 5.36. The van der Waals surface area contributed by atoms with Gasteiger partial charge in [-0.2, -0.15) is 0 Å². The molecule has 0 fully saturated rings. The van der Waals surface area contributed by atoms with Crippen molar-refractivity contribution in [3.8, 4) is 18.2 Å². The van der Waals surface area contributed by atoms with Crippen molar-refractivity contribution in [1.82, 2.24) is 9.97 Å². The Hall–Kier alpha value is -1.76. The Balaban J connectivity index is 3.08. The van der Waals surface area contributed by atoms with Gasteiger partial charge in [0.2, 0.25) is 5.88 Å². The Kier molecular flexibility index (Phi) is 3.92. The van der Waals surface area contributed by atoms with Crippen molar-refractivity contribution in [3.63, 3.8) is 0 Å². The summed E-state index contributed by atoms with van der Waals surface area (Å²) >= 11 is 0. The number of terminal acetylenes is 1. The molecule has 4 nitrogen and oxygen atoms in total. The molecule has 0 aliphatic rings. The van der Waals surface area contributed by atoms with Crippen molar-refractivity contribution in [2.75, 3.05) is 19.0 Å². The van der Waals surface area contributed by atoms with Crippen LogP contribution in [0.15, 0.2) is 6.33 Å². The molecule has 4 heteroatoms. The fourth-order valence-corrected chi connectivity index (χ4v) is 1.32. The average molecular weight is 205 g/mol. The van der Waals surface area contributed by atoms with Crippen molar-refractivity contribution in [2.24, 2.45) is 0 Å². The van der Waals surface area contributed by atoms with Gasteiger partial charge in [0.05, 0.1) is 5.56 Å². The number of nitrogens with zero attached hydrogens (tertiary/aromatic N) is 2. The number of aromatic nitrogens is 2. The first-order chi connectivity index (χ1) is 7.20. The van der Waals surface area contributed by atoms with Gasteiger partial charge in [0, 0.05) is 7.05 Å². The maximum absolute atomic E-state index is 5.36. The van der Waals surface area contributed by atoms with Crippen LogP contribution < -0.4 is 10.1 Å². The second-order valence-corrected chi connectivity index (χ2v) is 3.34. The van der Waals surface area contributed by atoms with E-state index < -0.39 is 0 Å². The van der Waals surface area contributed by atoms with E-state index in [0.29, 0.717) is 5.88 Å². The third-order valence-electron chi connectivity index (χ3n) is 1.95. The molecule has 15 heavy (non-hydrogen) atoms. The summed E-state index contributed by atoms with van der Waals surface area (Å²) in [6, 6.07) is 0. The fraction of sp³-hybridized carbons (Fsp3) is 0.455. The van der Waals surface area contributed by atoms with Gasteiger partial charge >= 0.3 is 0 Å². The highest BCUT2D eigenvalue weighted by molar-refractivity contribution is 5.50. The van der Waals surface area contributed by atoms with Crippen LogP contribution in [0.1, 0.15) is 25.3 Å². The van der Waals surface area contributed by atoms with Gasteiger partial charge in [-0.1, -0.05) is 19.8 Å². The van der Waals surface area contributed by atoms with Crippen LogP contribution in [0.3, 0.4) is 0 Å². The van der Waals surface area contributed by atoms with E-state index in [2.05, 4.69) is 35.1 Å². The Labute approximate surface area is 90.1 Å². The number of anilines is 1. The lowest BCUT2D eigenvalue weighted by Gasteiger charge is -2.14. The minimum absolute atomic E-state index is 0.222. The Morgan fingerprint density at radius 1 is 1.53 bits per heavy atom. The average Bonchev–Trinajstić information content (AvgIpc) is 2.25. The van der Waals surface area contributed by atoms with Crippen LogP contribution in [0, 0.1) is 12.3 Å². The van der Waals surface area contributed by atoms with E-state index in [0.717, 1.165) is 11.4 Å². The summed E-state index contributed by atoms with van der Waals surface area (Å²) in [5.41, 5.74) is 0.954. The summed E-state index contributed by atoms with van der Waals surface area (Å²) < 4.78 is 5.36. The Bertz CT molecular complexity index is 369. The zero-order chi connectivity index (χ0) is 11.3. The highest BCUT2D eigenvalue weighted by Crippen LogP contribution is 2.29. The molecule has 0 amide bonds. The molecule has 0 bridgehead atoms. The quantitative estimate of drug-likeness (QED) is 0.759. The highest BCUT2D eigenvalue weighted by atomic mass is 16.5. The SMILES string of the molecule is C#CCOc1ncnc(NC)c1C(C)C. The van der Waals surface area contributed by atoms with Crippen LogP contribution in [0.4, 0.5) is 5.82 Å². The third-order valence-corrected chi connectivity index (χ3v) is 1.95. The monoisotopic (exact) mass is 205 g/mol. The summed E-state index contributed by atoms with van der Waals surface area (Å²) in [5, 5.41) is 3.01. The molecule has 0 spiro atoms. The molecular formula is C11H15N3O. The van der Waals surface area contributed by atoms with E-state index in [9.17, 15) is 0 Å². The number of hydrogen-bond acceptors (Lipinski definition) is 4. The van der Waals surface area contributed by atoms with E-state index in [4.69, 9.17) is 11.2 Å².